The molecule has 3 rings (SSSR count). The van der Waals surface area contributed by atoms with Crippen LogP contribution in [0.3, 0.4) is 0 Å². The average molecular weight is 345 g/mol. The number of carbonyl (C=O) groups is 1. The lowest BCUT2D eigenvalue weighted by molar-refractivity contribution is -0.122. The zero-order valence-electron chi connectivity index (χ0n) is 13.8. The van der Waals surface area contributed by atoms with Gasteiger partial charge in [-0.2, -0.15) is 0 Å². The number of nitrogens with zero attached hydrogens (tertiary/aromatic N) is 2. The first kappa shape index (κ1) is 16.4. The Bertz CT molecular complexity index is 925. The van der Waals surface area contributed by atoms with Gasteiger partial charge in [0.25, 0.3) is 5.56 Å². The molecule has 1 amide bonds. The molecule has 0 saturated carbocycles. The quantitative estimate of drug-likeness (QED) is 0.771. The number of rotatable bonds is 5. The molecule has 1 unspecified atom stereocenters. The van der Waals surface area contributed by atoms with Crippen LogP contribution < -0.4 is 10.9 Å². The van der Waals surface area contributed by atoms with Crippen molar-refractivity contribution in [1.82, 2.24) is 14.9 Å². The largest absolute Gasteiger partial charge is 0.467 e. The van der Waals surface area contributed by atoms with Crippen LogP contribution in [-0.4, -0.2) is 15.5 Å². The Morgan fingerprint density at radius 1 is 1.46 bits per heavy atom. The summed E-state index contributed by atoms with van der Waals surface area (Å²) in [4.78, 5) is 30.8. The number of hydrogen-bond donors (Lipinski definition) is 1. The zero-order valence-corrected chi connectivity index (χ0v) is 14.6. The molecule has 0 spiro atoms. The third-order valence-corrected chi connectivity index (χ3v) is 5.20. The van der Waals surface area contributed by atoms with E-state index in [0.717, 1.165) is 15.3 Å². The summed E-state index contributed by atoms with van der Waals surface area (Å²) in [6, 6.07) is 3.39. The molecule has 0 fully saturated rings. The molecule has 3 aromatic rings. The summed E-state index contributed by atoms with van der Waals surface area (Å²) >= 11 is 1.52. The van der Waals surface area contributed by atoms with Crippen molar-refractivity contribution in [3.8, 4) is 0 Å². The number of aryl methyl sites for hydroxylation is 3. The second-order valence-corrected chi connectivity index (χ2v) is 6.96. The molecule has 1 atom stereocenters. The Labute approximate surface area is 143 Å². The summed E-state index contributed by atoms with van der Waals surface area (Å²) in [7, 11) is 0. The molecule has 3 heterocycles. The van der Waals surface area contributed by atoms with Crippen LogP contribution in [0.5, 0.6) is 0 Å². The van der Waals surface area contributed by atoms with Gasteiger partial charge in [0.15, 0.2) is 0 Å². The molecular weight excluding hydrogens is 326 g/mol. The predicted octanol–water partition coefficient (Wildman–Crippen LogP) is 2.94. The van der Waals surface area contributed by atoms with Gasteiger partial charge in [0.1, 0.15) is 10.6 Å². The third kappa shape index (κ3) is 3.12. The third-order valence-electron chi connectivity index (χ3n) is 4.08. The molecule has 126 valence electrons. The molecule has 0 radical (unpaired) electrons. The standard InChI is InChI=1S/C17H19N3O3S/c1-10-12(3)24-16-15(10)17(22)20(9-18-16)7-6-14(21)19-11(2)13-5-4-8-23-13/h4-5,8-9,11H,6-7H2,1-3H3,(H,19,21). The van der Waals surface area contributed by atoms with Gasteiger partial charge in [-0.3, -0.25) is 14.2 Å². The minimum Gasteiger partial charge on any atom is -0.467 e. The topological polar surface area (TPSA) is 77.1 Å². The van der Waals surface area contributed by atoms with Gasteiger partial charge in [0, 0.05) is 17.8 Å². The highest BCUT2D eigenvalue weighted by Crippen LogP contribution is 2.25. The number of carbonyl (C=O) groups excluding carboxylic acids is 1. The van der Waals surface area contributed by atoms with E-state index in [1.54, 1.807) is 12.3 Å². The average Bonchev–Trinajstić information content (AvgIpc) is 3.16. The van der Waals surface area contributed by atoms with E-state index in [0.29, 0.717) is 17.7 Å². The molecule has 0 bridgehead atoms. The minimum atomic E-state index is -0.202. The number of furan rings is 1. The second-order valence-electron chi connectivity index (χ2n) is 5.76. The molecule has 1 N–H and O–H groups in total. The fourth-order valence-corrected chi connectivity index (χ4v) is 3.56. The molecule has 6 nitrogen and oxygen atoms in total. The monoisotopic (exact) mass is 345 g/mol. The van der Waals surface area contributed by atoms with Crippen molar-refractivity contribution in [1.29, 1.82) is 0 Å². The van der Waals surface area contributed by atoms with Crippen LogP contribution in [0, 0.1) is 13.8 Å². The number of fused-ring (bicyclic) bond motifs is 1. The Morgan fingerprint density at radius 2 is 2.25 bits per heavy atom. The van der Waals surface area contributed by atoms with E-state index in [1.165, 1.54) is 22.2 Å². The number of thiophene rings is 1. The lowest BCUT2D eigenvalue weighted by Crippen LogP contribution is -2.29. The van der Waals surface area contributed by atoms with E-state index in [4.69, 9.17) is 4.42 Å². The van der Waals surface area contributed by atoms with Crippen molar-refractivity contribution < 1.29 is 9.21 Å². The Hall–Kier alpha value is -2.41. The normalized spacial score (nSPS) is 12.5. The highest BCUT2D eigenvalue weighted by Gasteiger charge is 2.14. The molecule has 0 aliphatic carbocycles. The van der Waals surface area contributed by atoms with Crippen LogP contribution in [0.2, 0.25) is 0 Å². The van der Waals surface area contributed by atoms with Crippen molar-refractivity contribution in [3.63, 3.8) is 0 Å². The van der Waals surface area contributed by atoms with Gasteiger partial charge in [-0.1, -0.05) is 0 Å². The number of aromatic nitrogens is 2. The van der Waals surface area contributed by atoms with Gasteiger partial charge in [-0.15, -0.1) is 11.3 Å². The maximum atomic E-state index is 12.6. The summed E-state index contributed by atoms with van der Waals surface area (Å²) in [5.74, 6) is 0.567. The van der Waals surface area contributed by atoms with E-state index in [-0.39, 0.29) is 23.9 Å². The van der Waals surface area contributed by atoms with Crippen LogP contribution in [-0.2, 0) is 11.3 Å². The lowest BCUT2D eigenvalue weighted by Gasteiger charge is -2.12. The minimum absolute atomic E-state index is 0.0891. The molecule has 24 heavy (non-hydrogen) atoms. The van der Waals surface area contributed by atoms with Crippen molar-refractivity contribution in [3.05, 3.63) is 51.3 Å². The molecule has 0 saturated heterocycles. The van der Waals surface area contributed by atoms with Crippen LogP contribution in [0.15, 0.2) is 33.9 Å². The highest BCUT2D eigenvalue weighted by molar-refractivity contribution is 7.18. The first-order valence-corrected chi connectivity index (χ1v) is 8.57. The summed E-state index contributed by atoms with van der Waals surface area (Å²) in [5.41, 5.74) is 0.881. The lowest BCUT2D eigenvalue weighted by atomic mass is 10.2. The van der Waals surface area contributed by atoms with E-state index in [2.05, 4.69) is 10.3 Å². The maximum Gasteiger partial charge on any atom is 0.262 e. The van der Waals surface area contributed by atoms with E-state index in [9.17, 15) is 9.59 Å². The maximum absolute atomic E-state index is 12.6. The fraction of sp³-hybridized carbons (Fsp3) is 0.353. The Morgan fingerprint density at radius 3 is 2.96 bits per heavy atom. The zero-order chi connectivity index (χ0) is 17.3. The van der Waals surface area contributed by atoms with Gasteiger partial charge in [-0.25, -0.2) is 4.98 Å². The Balaban J connectivity index is 1.69. The first-order chi connectivity index (χ1) is 11.5. The van der Waals surface area contributed by atoms with Crippen LogP contribution in [0.4, 0.5) is 0 Å². The van der Waals surface area contributed by atoms with Crippen molar-refractivity contribution in [2.24, 2.45) is 0 Å². The predicted molar refractivity (Wildman–Crippen MR) is 93.2 cm³/mol. The Kier molecular flexibility index (Phi) is 4.53. The highest BCUT2D eigenvalue weighted by atomic mass is 32.1. The van der Waals surface area contributed by atoms with Gasteiger partial charge in [0.05, 0.1) is 24.0 Å². The van der Waals surface area contributed by atoms with Gasteiger partial charge in [0.2, 0.25) is 5.91 Å². The van der Waals surface area contributed by atoms with E-state index in [1.807, 2.05) is 26.8 Å². The van der Waals surface area contributed by atoms with Crippen molar-refractivity contribution >= 4 is 27.5 Å². The van der Waals surface area contributed by atoms with Crippen molar-refractivity contribution in [2.45, 2.75) is 39.8 Å². The van der Waals surface area contributed by atoms with Gasteiger partial charge >= 0.3 is 0 Å². The van der Waals surface area contributed by atoms with Crippen LogP contribution >= 0.6 is 11.3 Å². The van der Waals surface area contributed by atoms with E-state index < -0.39 is 0 Å². The summed E-state index contributed by atoms with van der Waals surface area (Å²) < 4.78 is 6.76. The van der Waals surface area contributed by atoms with Gasteiger partial charge < -0.3 is 9.73 Å². The molecule has 0 aromatic carbocycles. The smallest absolute Gasteiger partial charge is 0.262 e. The summed E-state index contributed by atoms with van der Waals surface area (Å²) in [6.07, 6.45) is 3.30. The first-order valence-electron chi connectivity index (χ1n) is 7.75. The van der Waals surface area contributed by atoms with E-state index >= 15 is 0 Å². The van der Waals surface area contributed by atoms with Gasteiger partial charge in [-0.05, 0) is 38.5 Å². The fourth-order valence-electron chi connectivity index (χ4n) is 2.57. The molecule has 0 aliphatic heterocycles. The summed E-state index contributed by atoms with van der Waals surface area (Å²) in [6.45, 7) is 6.06. The molecular formula is C17H19N3O3S. The second kappa shape index (κ2) is 6.60. The van der Waals surface area contributed by atoms with Crippen molar-refractivity contribution in [2.75, 3.05) is 0 Å². The SMILES string of the molecule is Cc1sc2ncn(CCC(=O)NC(C)c3ccco3)c(=O)c2c1C. The summed E-state index contributed by atoms with van der Waals surface area (Å²) in [5, 5.41) is 3.52. The number of nitrogens with one attached hydrogen (secondary N) is 1. The molecule has 7 heteroatoms. The number of amides is 1. The molecule has 3 aromatic heterocycles. The van der Waals surface area contributed by atoms with Crippen LogP contribution in [0.25, 0.3) is 10.2 Å². The number of hydrogen-bond acceptors (Lipinski definition) is 5. The van der Waals surface area contributed by atoms with Crippen LogP contribution in [0.1, 0.15) is 35.6 Å². The molecule has 0 aliphatic rings.